The third kappa shape index (κ3) is 5.08. The first-order valence-electron chi connectivity index (χ1n) is 7.90. The van der Waals surface area contributed by atoms with E-state index in [2.05, 4.69) is 15.6 Å². The highest BCUT2D eigenvalue weighted by atomic mass is 32.2. The number of benzene rings is 2. The van der Waals surface area contributed by atoms with Gasteiger partial charge in [-0.2, -0.15) is 0 Å². The van der Waals surface area contributed by atoms with Crippen molar-refractivity contribution in [2.45, 2.75) is 16.6 Å². The Kier molecular flexibility index (Phi) is 6.12. The first-order valence-corrected chi connectivity index (χ1v) is 10.00. The van der Waals surface area contributed by atoms with Crippen molar-refractivity contribution in [3.05, 3.63) is 54.1 Å². The number of amidine groups is 1. The second kappa shape index (κ2) is 8.53. The van der Waals surface area contributed by atoms with Crippen LogP contribution in [-0.4, -0.2) is 28.5 Å². The summed E-state index contributed by atoms with van der Waals surface area (Å²) in [4.78, 5) is 29.6. The lowest BCUT2D eigenvalue weighted by atomic mass is 10.2. The fraction of sp³-hybridized carbons (Fsp3) is 0.167. The average molecular weight is 407 g/mol. The Morgan fingerprint density at radius 1 is 1.26 bits per heavy atom. The van der Waals surface area contributed by atoms with Crippen LogP contribution in [0.3, 0.4) is 0 Å². The standard InChI is InChI=1S/C18H15F2N3O2S2/c1-26-12-4-2-3-10(7-12)22-18-23-17(25)15(27-18)9-16(24)21-11-5-6-13(19)14(20)8-11/h2-8,15H,9H2,1H3,(H,21,24)(H,22,23,25)/t15-/m0/s1. The minimum absolute atomic E-state index is 0.112. The zero-order chi connectivity index (χ0) is 19.4. The second-order valence-electron chi connectivity index (χ2n) is 5.60. The number of amides is 2. The molecule has 27 heavy (non-hydrogen) atoms. The number of thioether (sulfide) groups is 2. The van der Waals surface area contributed by atoms with Gasteiger partial charge < -0.3 is 10.6 Å². The summed E-state index contributed by atoms with van der Waals surface area (Å²) in [6.45, 7) is 0. The van der Waals surface area contributed by atoms with E-state index >= 15 is 0 Å². The van der Waals surface area contributed by atoms with Gasteiger partial charge >= 0.3 is 0 Å². The zero-order valence-electron chi connectivity index (χ0n) is 14.2. The van der Waals surface area contributed by atoms with Gasteiger partial charge in [-0.15, -0.1) is 11.8 Å². The first kappa shape index (κ1) is 19.4. The number of halogens is 2. The molecule has 0 bridgehead atoms. The molecular weight excluding hydrogens is 392 g/mol. The van der Waals surface area contributed by atoms with Crippen LogP contribution >= 0.6 is 23.5 Å². The molecule has 0 unspecified atom stereocenters. The lowest BCUT2D eigenvalue weighted by Crippen LogP contribution is -2.28. The fourth-order valence-electron chi connectivity index (χ4n) is 2.34. The van der Waals surface area contributed by atoms with E-state index < -0.39 is 22.8 Å². The number of hydrogen-bond acceptors (Lipinski definition) is 5. The van der Waals surface area contributed by atoms with Crippen LogP contribution in [0.25, 0.3) is 0 Å². The average Bonchev–Trinajstić information content (AvgIpc) is 2.97. The third-order valence-electron chi connectivity index (χ3n) is 3.63. The molecule has 9 heteroatoms. The molecule has 2 N–H and O–H groups in total. The smallest absolute Gasteiger partial charge is 0.240 e. The number of aliphatic imine (C=N–C) groups is 1. The predicted molar refractivity (Wildman–Crippen MR) is 104 cm³/mol. The van der Waals surface area contributed by atoms with Crippen LogP contribution in [0.4, 0.5) is 20.2 Å². The monoisotopic (exact) mass is 407 g/mol. The quantitative estimate of drug-likeness (QED) is 0.737. The summed E-state index contributed by atoms with van der Waals surface area (Å²) in [7, 11) is 0. The third-order valence-corrected chi connectivity index (χ3v) is 5.44. The van der Waals surface area contributed by atoms with Gasteiger partial charge in [0, 0.05) is 23.1 Å². The van der Waals surface area contributed by atoms with Crippen LogP contribution in [-0.2, 0) is 9.59 Å². The maximum Gasteiger partial charge on any atom is 0.240 e. The summed E-state index contributed by atoms with van der Waals surface area (Å²) in [6.07, 6.45) is 1.85. The topological polar surface area (TPSA) is 70.6 Å². The van der Waals surface area contributed by atoms with Crippen LogP contribution in [0.15, 0.2) is 52.4 Å². The lowest BCUT2D eigenvalue weighted by molar-refractivity contribution is -0.122. The van der Waals surface area contributed by atoms with Crippen molar-refractivity contribution in [2.75, 3.05) is 11.6 Å². The van der Waals surface area contributed by atoms with Crippen LogP contribution < -0.4 is 10.6 Å². The Morgan fingerprint density at radius 3 is 2.81 bits per heavy atom. The van der Waals surface area contributed by atoms with Gasteiger partial charge in [0.2, 0.25) is 11.8 Å². The summed E-state index contributed by atoms with van der Waals surface area (Å²) in [6, 6.07) is 10.6. The maximum absolute atomic E-state index is 13.2. The van der Waals surface area contributed by atoms with Gasteiger partial charge in [0.15, 0.2) is 16.8 Å². The van der Waals surface area contributed by atoms with Gasteiger partial charge in [-0.25, -0.2) is 13.8 Å². The molecule has 0 aromatic heterocycles. The van der Waals surface area contributed by atoms with Gasteiger partial charge in [0.1, 0.15) is 5.25 Å². The van der Waals surface area contributed by atoms with Gasteiger partial charge in [0.05, 0.1) is 5.69 Å². The number of anilines is 1. The molecule has 0 radical (unpaired) electrons. The van der Waals surface area contributed by atoms with Crippen LogP contribution in [0.1, 0.15) is 6.42 Å². The van der Waals surface area contributed by atoms with Gasteiger partial charge in [0.25, 0.3) is 0 Å². The normalized spacial score (nSPS) is 17.8. The van der Waals surface area contributed by atoms with Gasteiger partial charge in [-0.3, -0.25) is 9.59 Å². The number of carbonyl (C=O) groups is 2. The van der Waals surface area contributed by atoms with E-state index in [0.717, 1.165) is 28.8 Å². The molecule has 1 heterocycles. The molecule has 1 atom stereocenters. The van der Waals surface area contributed by atoms with E-state index in [1.807, 2.05) is 30.5 Å². The van der Waals surface area contributed by atoms with Crippen molar-refractivity contribution < 1.29 is 18.4 Å². The Morgan fingerprint density at radius 2 is 2.07 bits per heavy atom. The molecule has 140 valence electrons. The van der Waals surface area contributed by atoms with Crippen molar-refractivity contribution in [3.63, 3.8) is 0 Å². The molecule has 1 aliphatic rings. The number of nitrogens with one attached hydrogen (secondary N) is 2. The largest absolute Gasteiger partial charge is 0.326 e. The SMILES string of the molecule is CSc1cccc(N=C2NC(=O)[C@H](CC(=O)Nc3ccc(F)c(F)c3)S2)c1. The molecule has 0 aliphatic carbocycles. The summed E-state index contributed by atoms with van der Waals surface area (Å²) in [5.74, 6) is -2.84. The number of hydrogen-bond donors (Lipinski definition) is 2. The molecule has 3 rings (SSSR count). The molecule has 2 aromatic rings. The highest BCUT2D eigenvalue weighted by Gasteiger charge is 2.32. The lowest BCUT2D eigenvalue weighted by Gasteiger charge is -2.07. The molecule has 0 spiro atoms. The van der Waals surface area contributed by atoms with Crippen molar-refractivity contribution >= 4 is 51.9 Å². The summed E-state index contributed by atoms with van der Waals surface area (Å²) >= 11 is 2.75. The van der Waals surface area contributed by atoms with Gasteiger partial charge in [-0.05, 0) is 36.6 Å². The summed E-state index contributed by atoms with van der Waals surface area (Å²) < 4.78 is 26.1. The summed E-state index contributed by atoms with van der Waals surface area (Å²) in [5.41, 5.74) is 0.835. The molecule has 5 nitrogen and oxygen atoms in total. The van der Waals surface area contributed by atoms with Crippen LogP contribution in [0, 0.1) is 11.6 Å². The Hall–Kier alpha value is -2.39. The van der Waals surface area contributed by atoms with Crippen LogP contribution in [0.5, 0.6) is 0 Å². The molecule has 0 saturated carbocycles. The van der Waals surface area contributed by atoms with E-state index in [-0.39, 0.29) is 18.0 Å². The second-order valence-corrected chi connectivity index (χ2v) is 7.67. The highest BCUT2D eigenvalue weighted by molar-refractivity contribution is 8.15. The number of carbonyl (C=O) groups excluding carboxylic acids is 2. The maximum atomic E-state index is 13.2. The minimum atomic E-state index is -1.05. The predicted octanol–water partition coefficient (Wildman–Crippen LogP) is 3.93. The van der Waals surface area contributed by atoms with Crippen molar-refractivity contribution in [1.29, 1.82) is 0 Å². The molecular formula is C18H15F2N3O2S2. The number of nitrogens with zero attached hydrogens (tertiary/aromatic N) is 1. The van der Waals surface area contributed by atoms with E-state index in [1.54, 1.807) is 11.8 Å². The molecule has 2 aromatic carbocycles. The van der Waals surface area contributed by atoms with Gasteiger partial charge in [-0.1, -0.05) is 17.8 Å². The van der Waals surface area contributed by atoms with E-state index in [9.17, 15) is 18.4 Å². The molecule has 2 amide bonds. The minimum Gasteiger partial charge on any atom is -0.326 e. The van der Waals surface area contributed by atoms with Crippen molar-refractivity contribution in [1.82, 2.24) is 5.32 Å². The molecule has 1 saturated heterocycles. The van der Waals surface area contributed by atoms with E-state index in [0.29, 0.717) is 10.9 Å². The highest BCUT2D eigenvalue weighted by Crippen LogP contribution is 2.27. The van der Waals surface area contributed by atoms with Crippen LogP contribution in [0.2, 0.25) is 0 Å². The van der Waals surface area contributed by atoms with Crippen molar-refractivity contribution in [2.24, 2.45) is 4.99 Å². The van der Waals surface area contributed by atoms with E-state index in [4.69, 9.17) is 0 Å². The Labute approximate surface area is 163 Å². The molecule has 1 aliphatic heterocycles. The Balaban J connectivity index is 1.62. The first-order chi connectivity index (χ1) is 12.9. The Bertz CT molecular complexity index is 921. The molecule has 1 fully saturated rings. The van der Waals surface area contributed by atoms with E-state index in [1.165, 1.54) is 6.07 Å². The fourth-order valence-corrected chi connectivity index (χ4v) is 3.78. The summed E-state index contributed by atoms with van der Waals surface area (Å²) in [5, 5.41) is 4.89. The number of rotatable bonds is 5. The van der Waals surface area contributed by atoms with Crippen molar-refractivity contribution in [3.8, 4) is 0 Å². The zero-order valence-corrected chi connectivity index (χ0v) is 15.8.